The Labute approximate surface area is 126 Å². The molecule has 1 heterocycles. The summed E-state index contributed by atoms with van der Waals surface area (Å²) >= 11 is 0. The second-order valence-corrected chi connectivity index (χ2v) is 4.47. The van der Waals surface area contributed by atoms with Crippen LogP contribution in [0.3, 0.4) is 0 Å². The molecule has 3 nitrogen and oxygen atoms in total. The van der Waals surface area contributed by atoms with E-state index in [1.54, 1.807) is 0 Å². The molecule has 0 radical (unpaired) electrons. The Morgan fingerprint density at radius 1 is 1.00 bits per heavy atom. The van der Waals surface area contributed by atoms with Crippen LogP contribution in [0.4, 0.5) is 26.3 Å². The van der Waals surface area contributed by atoms with Crippen LogP contribution in [0.5, 0.6) is 5.75 Å². The zero-order valence-corrected chi connectivity index (χ0v) is 11.2. The van der Waals surface area contributed by atoms with Crippen molar-refractivity contribution in [1.29, 1.82) is 0 Å². The van der Waals surface area contributed by atoms with Gasteiger partial charge in [0, 0.05) is 17.3 Å². The molecule has 0 spiro atoms. The van der Waals surface area contributed by atoms with Gasteiger partial charge in [-0.3, -0.25) is 4.98 Å². The van der Waals surface area contributed by atoms with Crippen molar-refractivity contribution >= 4 is 0 Å². The van der Waals surface area contributed by atoms with Gasteiger partial charge in [-0.2, -0.15) is 13.2 Å². The molecule has 0 saturated heterocycles. The van der Waals surface area contributed by atoms with E-state index < -0.39 is 30.6 Å². The van der Waals surface area contributed by atoms with E-state index in [1.807, 2.05) is 0 Å². The second kappa shape index (κ2) is 6.07. The third kappa shape index (κ3) is 4.35. The van der Waals surface area contributed by atoms with Gasteiger partial charge < -0.3 is 9.84 Å². The highest BCUT2D eigenvalue weighted by atomic mass is 19.4. The molecule has 1 aromatic heterocycles. The van der Waals surface area contributed by atoms with Crippen LogP contribution in [-0.4, -0.2) is 16.5 Å². The number of benzene rings is 1. The van der Waals surface area contributed by atoms with Crippen LogP contribution in [0.1, 0.15) is 11.3 Å². The van der Waals surface area contributed by atoms with E-state index in [1.165, 1.54) is 12.1 Å². The van der Waals surface area contributed by atoms with Crippen molar-refractivity contribution in [2.75, 3.05) is 0 Å². The minimum Gasteiger partial charge on any atom is -0.405 e. The molecule has 0 aliphatic rings. The average Bonchev–Trinajstić information content (AvgIpc) is 2.45. The van der Waals surface area contributed by atoms with E-state index in [0.717, 1.165) is 18.3 Å². The quantitative estimate of drug-likeness (QED) is 0.856. The third-order valence-electron chi connectivity index (χ3n) is 2.82. The number of halogens is 6. The Morgan fingerprint density at radius 3 is 2.17 bits per heavy atom. The van der Waals surface area contributed by atoms with Crippen LogP contribution in [0, 0.1) is 0 Å². The first-order valence-electron chi connectivity index (χ1n) is 6.13. The molecular formula is C14H9F6NO2. The molecule has 0 amide bonds. The van der Waals surface area contributed by atoms with Gasteiger partial charge in [0.1, 0.15) is 11.4 Å². The molecule has 0 unspecified atom stereocenters. The van der Waals surface area contributed by atoms with Crippen molar-refractivity contribution < 1.29 is 36.2 Å². The number of pyridine rings is 1. The van der Waals surface area contributed by atoms with Crippen LogP contribution < -0.4 is 4.74 Å². The predicted molar refractivity (Wildman–Crippen MR) is 67.3 cm³/mol. The number of aromatic nitrogens is 1. The highest BCUT2D eigenvalue weighted by Gasteiger charge is 2.33. The molecule has 124 valence electrons. The standard InChI is InChI=1S/C14H9F6NO2/c15-13(16,17)12-4-2-9(6-21-12)10-5-8(7-22)1-3-11(10)23-14(18,19)20/h1-6,22H,7H2. The summed E-state index contributed by atoms with van der Waals surface area (Å²) in [4.78, 5) is 3.20. The van der Waals surface area contributed by atoms with Crippen molar-refractivity contribution in [3.05, 3.63) is 47.8 Å². The number of rotatable bonds is 3. The molecule has 0 aliphatic heterocycles. The molecule has 2 rings (SSSR count). The van der Waals surface area contributed by atoms with E-state index in [9.17, 15) is 26.3 Å². The molecular weight excluding hydrogens is 328 g/mol. The summed E-state index contributed by atoms with van der Waals surface area (Å²) in [5.74, 6) is -0.601. The zero-order valence-electron chi connectivity index (χ0n) is 11.2. The van der Waals surface area contributed by atoms with Gasteiger partial charge in [0.15, 0.2) is 0 Å². The van der Waals surface area contributed by atoms with Gasteiger partial charge in [-0.25, -0.2) is 0 Å². The van der Waals surface area contributed by atoms with Crippen LogP contribution in [0.2, 0.25) is 0 Å². The molecule has 1 aromatic carbocycles. The Balaban J connectivity index is 2.47. The Morgan fingerprint density at radius 2 is 1.70 bits per heavy atom. The van der Waals surface area contributed by atoms with Crippen molar-refractivity contribution in [3.63, 3.8) is 0 Å². The monoisotopic (exact) mass is 337 g/mol. The third-order valence-corrected chi connectivity index (χ3v) is 2.82. The number of alkyl halides is 6. The van der Waals surface area contributed by atoms with E-state index in [0.29, 0.717) is 6.07 Å². The van der Waals surface area contributed by atoms with E-state index in [2.05, 4.69) is 9.72 Å². The maximum atomic E-state index is 12.5. The summed E-state index contributed by atoms with van der Waals surface area (Å²) in [5, 5.41) is 9.06. The average molecular weight is 337 g/mol. The largest absolute Gasteiger partial charge is 0.573 e. The number of aliphatic hydroxyl groups excluding tert-OH is 1. The fourth-order valence-electron chi connectivity index (χ4n) is 1.84. The van der Waals surface area contributed by atoms with Gasteiger partial charge in [0.05, 0.1) is 6.61 Å². The number of hydrogen-bond donors (Lipinski definition) is 1. The number of nitrogens with zero attached hydrogens (tertiary/aromatic N) is 1. The van der Waals surface area contributed by atoms with E-state index in [4.69, 9.17) is 5.11 Å². The lowest BCUT2D eigenvalue weighted by atomic mass is 10.0. The van der Waals surface area contributed by atoms with Gasteiger partial charge >= 0.3 is 12.5 Å². The lowest BCUT2D eigenvalue weighted by Gasteiger charge is -2.15. The summed E-state index contributed by atoms with van der Waals surface area (Å²) in [5.41, 5.74) is -1.03. The minimum atomic E-state index is -4.96. The number of hydrogen-bond acceptors (Lipinski definition) is 3. The Hall–Kier alpha value is -2.29. The fourth-order valence-corrected chi connectivity index (χ4v) is 1.84. The summed E-state index contributed by atoms with van der Waals surface area (Å²) in [6.45, 7) is -0.451. The smallest absolute Gasteiger partial charge is 0.405 e. The summed E-state index contributed by atoms with van der Waals surface area (Å²) in [6, 6.07) is 5.01. The Bertz CT molecular complexity index is 679. The highest BCUT2D eigenvalue weighted by molar-refractivity contribution is 5.70. The van der Waals surface area contributed by atoms with Gasteiger partial charge in [0.2, 0.25) is 0 Å². The Kier molecular flexibility index (Phi) is 4.51. The first kappa shape index (κ1) is 17.1. The molecule has 9 heteroatoms. The van der Waals surface area contributed by atoms with E-state index >= 15 is 0 Å². The first-order chi connectivity index (χ1) is 10.6. The van der Waals surface area contributed by atoms with Crippen molar-refractivity contribution in [3.8, 4) is 16.9 Å². The van der Waals surface area contributed by atoms with Gasteiger partial charge in [-0.15, -0.1) is 13.2 Å². The number of ether oxygens (including phenoxy) is 1. The molecule has 0 fully saturated rings. The van der Waals surface area contributed by atoms with Crippen LogP contribution in [-0.2, 0) is 12.8 Å². The molecule has 2 aromatic rings. The lowest BCUT2D eigenvalue weighted by Crippen LogP contribution is -2.17. The normalized spacial score (nSPS) is 12.3. The van der Waals surface area contributed by atoms with Crippen molar-refractivity contribution in [2.24, 2.45) is 0 Å². The summed E-state index contributed by atoms with van der Waals surface area (Å²) < 4.78 is 78.5. The lowest BCUT2D eigenvalue weighted by molar-refractivity contribution is -0.274. The topological polar surface area (TPSA) is 42.4 Å². The zero-order chi connectivity index (χ0) is 17.3. The van der Waals surface area contributed by atoms with Crippen molar-refractivity contribution in [2.45, 2.75) is 19.1 Å². The maximum Gasteiger partial charge on any atom is 0.573 e. The minimum absolute atomic E-state index is 0.00690. The molecule has 0 bridgehead atoms. The number of aliphatic hydroxyl groups is 1. The predicted octanol–water partition coefficient (Wildman–Crippen LogP) is 4.16. The van der Waals surface area contributed by atoms with Crippen LogP contribution in [0.25, 0.3) is 11.1 Å². The first-order valence-corrected chi connectivity index (χ1v) is 6.13. The molecule has 0 saturated carbocycles. The molecule has 23 heavy (non-hydrogen) atoms. The van der Waals surface area contributed by atoms with Gasteiger partial charge in [-0.1, -0.05) is 12.1 Å². The van der Waals surface area contributed by atoms with Gasteiger partial charge in [-0.05, 0) is 23.8 Å². The van der Waals surface area contributed by atoms with E-state index in [-0.39, 0.29) is 16.7 Å². The molecule has 0 aliphatic carbocycles. The fraction of sp³-hybridized carbons (Fsp3) is 0.214. The summed E-state index contributed by atoms with van der Waals surface area (Å²) in [7, 11) is 0. The van der Waals surface area contributed by atoms with Gasteiger partial charge in [0.25, 0.3) is 0 Å². The van der Waals surface area contributed by atoms with Crippen molar-refractivity contribution in [1.82, 2.24) is 4.98 Å². The highest BCUT2D eigenvalue weighted by Crippen LogP contribution is 2.35. The van der Waals surface area contributed by atoms with Crippen LogP contribution >= 0.6 is 0 Å². The summed E-state index contributed by atoms with van der Waals surface area (Å²) in [6.07, 6.45) is -8.83. The molecule has 1 N–H and O–H groups in total. The maximum absolute atomic E-state index is 12.5. The second-order valence-electron chi connectivity index (χ2n) is 4.47. The molecule has 0 atom stereocenters. The SMILES string of the molecule is OCc1ccc(OC(F)(F)F)c(-c2ccc(C(F)(F)F)nc2)c1. The van der Waals surface area contributed by atoms with Crippen LogP contribution in [0.15, 0.2) is 36.5 Å².